The van der Waals surface area contributed by atoms with E-state index >= 15 is 0 Å². The number of amides is 1. The highest BCUT2D eigenvalue weighted by atomic mass is 19.4. The number of hydrogen-bond acceptors (Lipinski definition) is 4. The summed E-state index contributed by atoms with van der Waals surface area (Å²) in [6, 6.07) is 2.22. The first kappa shape index (κ1) is 21.8. The van der Waals surface area contributed by atoms with Crippen molar-refractivity contribution in [2.45, 2.75) is 32.5 Å². The maximum atomic E-state index is 12.9. The summed E-state index contributed by atoms with van der Waals surface area (Å²) in [7, 11) is 1.60. The molecule has 0 bridgehead atoms. The van der Waals surface area contributed by atoms with Gasteiger partial charge in [0, 0.05) is 38.3 Å². The number of carbonyl (C=O) groups is 1. The summed E-state index contributed by atoms with van der Waals surface area (Å²) in [6.07, 6.45) is -2.46. The van der Waals surface area contributed by atoms with E-state index in [1.807, 2.05) is 18.7 Å². The highest BCUT2D eigenvalue weighted by molar-refractivity contribution is 5.81. The van der Waals surface area contributed by atoms with Crippen LogP contribution >= 0.6 is 0 Å². The summed E-state index contributed by atoms with van der Waals surface area (Å²) in [5, 5.41) is 6.21. The summed E-state index contributed by atoms with van der Waals surface area (Å²) >= 11 is 0. The van der Waals surface area contributed by atoms with Crippen LogP contribution in [0.5, 0.6) is 5.88 Å². The van der Waals surface area contributed by atoms with Crippen molar-refractivity contribution < 1.29 is 22.7 Å². The minimum Gasteiger partial charge on any atom is -0.475 e. The third kappa shape index (κ3) is 6.00. The fourth-order valence-corrected chi connectivity index (χ4v) is 2.87. The van der Waals surface area contributed by atoms with Crippen LogP contribution in [0.1, 0.15) is 25.8 Å². The SMILES string of the molecule is CN=C(NCCOc1ncccc1C(F)(F)F)NC1CCN(C(=O)C(C)C)C1. The average molecular weight is 401 g/mol. The molecule has 28 heavy (non-hydrogen) atoms. The van der Waals surface area contributed by atoms with Crippen LogP contribution in [0.4, 0.5) is 13.2 Å². The molecule has 7 nitrogen and oxygen atoms in total. The zero-order chi connectivity index (χ0) is 20.7. The lowest BCUT2D eigenvalue weighted by Gasteiger charge is -2.20. The molecule has 1 aliphatic rings. The Labute approximate surface area is 162 Å². The third-order valence-electron chi connectivity index (χ3n) is 4.27. The molecule has 10 heteroatoms. The number of carbonyl (C=O) groups excluding carboxylic acids is 1. The van der Waals surface area contributed by atoms with Gasteiger partial charge in [-0.05, 0) is 18.6 Å². The largest absolute Gasteiger partial charge is 0.475 e. The lowest BCUT2D eigenvalue weighted by Crippen LogP contribution is -2.46. The molecular weight excluding hydrogens is 375 g/mol. The van der Waals surface area contributed by atoms with E-state index in [0.29, 0.717) is 19.0 Å². The van der Waals surface area contributed by atoms with Crippen molar-refractivity contribution in [3.63, 3.8) is 0 Å². The number of ether oxygens (including phenoxy) is 1. The number of pyridine rings is 1. The number of nitrogens with one attached hydrogen (secondary N) is 2. The van der Waals surface area contributed by atoms with Crippen LogP contribution in [-0.2, 0) is 11.0 Å². The predicted octanol–water partition coefficient (Wildman–Crippen LogP) is 1.90. The topological polar surface area (TPSA) is 78.9 Å². The zero-order valence-corrected chi connectivity index (χ0v) is 16.2. The molecule has 1 aliphatic heterocycles. The number of alkyl halides is 3. The molecule has 2 heterocycles. The highest BCUT2D eigenvalue weighted by Gasteiger charge is 2.35. The first-order valence-electron chi connectivity index (χ1n) is 9.13. The summed E-state index contributed by atoms with van der Waals surface area (Å²) < 4.78 is 43.9. The highest BCUT2D eigenvalue weighted by Crippen LogP contribution is 2.34. The summed E-state index contributed by atoms with van der Waals surface area (Å²) in [5.41, 5.74) is -0.904. The Hall–Kier alpha value is -2.52. The Bertz CT molecular complexity index is 694. The van der Waals surface area contributed by atoms with Crippen LogP contribution in [0.3, 0.4) is 0 Å². The molecule has 1 atom stereocenters. The van der Waals surface area contributed by atoms with Gasteiger partial charge in [-0.15, -0.1) is 0 Å². The van der Waals surface area contributed by atoms with E-state index in [1.165, 1.54) is 12.3 Å². The fraction of sp³-hybridized carbons (Fsp3) is 0.611. The lowest BCUT2D eigenvalue weighted by molar-refractivity contribution is -0.139. The van der Waals surface area contributed by atoms with Gasteiger partial charge in [0.2, 0.25) is 11.8 Å². The van der Waals surface area contributed by atoms with Crippen molar-refractivity contribution in [1.82, 2.24) is 20.5 Å². The number of nitrogens with zero attached hydrogens (tertiary/aromatic N) is 3. The molecule has 0 aromatic carbocycles. The van der Waals surface area contributed by atoms with Crippen LogP contribution < -0.4 is 15.4 Å². The normalized spacial score (nSPS) is 17.8. The third-order valence-corrected chi connectivity index (χ3v) is 4.27. The van der Waals surface area contributed by atoms with Gasteiger partial charge in [0.15, 0.2) is 5.96 Å². The van der Waals surface area contributed by atoms with E-state index in [1.54, 1.807) is 7.05 Å². The van der Waals surface area contributed by atoms with E-state index in [-0.39, 0.29) is 31.0 Å². The van der Waals surface area contributed by atoms with Crippen molar-refractivity contribution in [2.75, 3.05) is 33.3 Å². The molecule has 156 valence electrons. The minimum absolute atomic E-state index is 0.0105. The number of rotatable bonds is 6. The molecule has 2 N–H and O–H groups in total. The number of guanidine groups is 1. The molecule has 1 unspecified atom stereocenters. The average Bonchev–Trinajstić information content (AvgIpc) is 3.11. The second-order valence-electron chi connectivity index (χ2n) is 6.77. The summed E-state index contributed by atoms with van der Waals surface area (Å²) in [4.78, 5) is 21.6. The van der Waals surface area contributed by atoms with Gasteiger partial charge in [-0.3, -0.25) is 9.79 Å². The molecular formula is C18H26F3N5O2. The van der Waals surface area contributed by atoms with Gasteiger partial charge in [0.05, 0.1) is 6.54 Å². The minimum atomic E-state index is -4.52. The van der Waals surface area contributed by atoms with E-state index in [2.05, 4.69) is 20.6 Å². The Morgan fingerprint density at radius 3 is 2.86 bits per heavy atom. The molecule has 1 fully saturated rings. The van der Waals surface area contributed by atoms with Crippen LogP contribution in [-0.4, -0.2) is 61.1 Å². The second-order valence-corrected chi connectivity index (χ2v) is 6.77. The summed E-state index contributed by atoms with van der Waals surface area (Å²) in [6.45, 7) is 5.26. The van der Waals surface area contributed by atoms with Gasteiger partial charge >= 0.3 is 6.18 Å². The van der Waals surface area contributed by atoms with Gasteiger partial charge < -0.3 is 20.3 Å². The van der Waals surface area contributed by atoms with E-state index < -0.39 is 17.6 Å². The number of aromatic nitrogens is 1. The van der Waals surface area contributed by atoms with Crippen molar-refractivity contribution in [3.05, 3.63) is 23.9 Å². The molecule has 0 spiro atoms. The van der Waals surface area contributed by atoms with Crippen molar-refractivity contribution in [1.29, 1.82) is 0 Å². The number of halogens is 3. The first-order valence-corrected chi connectivity index (χ1v) is 9.13. The predicted molar refractivity (Wildman–Crippen MR) is 99.1 cm³/mol. The molecule has 2 rings (SSSR count). The second kappa shape index (κ2) is 9.61. The number of hydrogen-bond donors (Lipinski definition) is 2. The standard InChI is InChI=1S/C18H26F3N5O2/c1-12(2)16(27)26-9-6-13(11-26)25-17(22-3)24-8-10-28-15-14(18(19,20)21)5-4-7-23-15/h4-5,7,12-13H,6,8-11H2,1-3H3,(H2,22,24,25). The smallest absolute Gasteiger partial charge is 0.421 e. The van der Waals surface area contributed by atoms with Gasteiger partial charge in [-0.25, -0.2) is 4.98 Å². The number of likely N-dealkylation sites (tertiary alicyclic amines) is 1. The van der Waals surface area contributed by atoms with Crippen LogP contribution in [0.25, 0.3) is 0 Å². The Morgan fingerprint density at radius 1 is 1.46 bits per heavy atom. The van der Waals surface area contributed by atoms with Crippen molar-refractivity contribution in [3.8, 4) is 5.88 Å². The molecule has 1 saturated heterocycles. The molecule has 0 saturated carbocycles. The Balaban J connectivity index is 1.78. The molecule has 0 aliphatic carbocycles. The fourth-order valence-electron chi connectivity index (χ4n) is 2.87. The summed E-state index contributed by atoms with van der Waals surface area (Å²) in [5.74, 6) is 0.140. The van der Waals surface area contributed by atoms with Crippen molar-refractivity contribution >= 4 is 11.9 Å². The Kier molecular flexibility index (Phi) is 7.47. The van der Waals surface area contributed by atoms with E-state index in [4.69, 9.17) is 4.74 Å². The van der Waals surface area contributed by atoms with Gasteiger partial charge in [-0.1, -0.05) is 13.8 Å². The monoisotopic (exact) mass is 401 g/mol. The van der Waals surface area contributed by atoms with Gasteiger partial charge in [0.1, 0.15) is 12.2 Å². The van der Waals surface area contributed by atoms with Gasteiger partial charge in [-0.2, -0.15) is 13.2 Å². The van der Waals surface area contributed by atoms with Crippen LogP contribution in [0.15, 0.2) is 23.3 Å². The van der Waals surface area contributed by atoms with E-state index in [0.717, 1.165) is 12.5 Å². The van der Waals surface area contributed by atoms with Crippen molar-refractivity contribution in [2.24, 2.45) is 10.9 Å². The van der Waals surface area contributed by atoms with Crippen LogP contribution in [0.2, 0.25) is 0 Å². The molecule has 1 aromatic rings. The Morgan fingerprint density at radius 2 is 2.21 bits per heavy atom. The number of aliphatic imine (C=N–C) groups is 1. The molecule has 1 aromatic heterocycles. The molecule has 1 amide bonds. The quantitative estimate of drug-likeness (QED) is 0.433. The zero-order valence-electron chi connectivity index (χ0n) is 16.2. The van der Waals surface area contributed by atoms with Gasteiger partial charge in [0.25, 0.3) is 0 Å². The molecule has 0 radical (unpaired) electrons. The van der Waals surface area contributed by atoms with E-state index in [9.17, 15) is 18.0 Å². The maximum absolute atomic E-state index is 12.9. The van der Waals surface area contributed by atoms with Crippen LogP contribution in [0, 0.1) is 5.92 Å². The lowest BCUT2D eigenvalue weighted by atomic mass is 10.2. The maximum Gasteiger partial charge on any atom is 0.421 e. The first-order chi connectivity index (χ1) is 13.2.